The van der Waals surface area contributed by atoms with Gasteiger partial charge in [-0.3, -0.25) is 0 Å². The van der Waals surface area contributed by atoms with E-state index in [0.29, 0.717) is 13.0 Å². The van der Waals surface area contributed by atoms with Crippen molar-refractivity contribution in [3.05, 3.63) is 53.8 Å². The third-order valence-corrected chi connectivity index (χ3v) is 3.81. The lowest BCUT2D eigenvalue weighted by Gasteiger charge is -2.09. The Bertz CT molecular complexity index is 560. The second-order valence-corrected chi connectivity index (χ2v) is 5.19. The average Bonchev–Trinajstić information content (AvgIpc) is 2.42. The van der Waals surface area contributed by atoms with E-state index in [1.165, 1.54) is 6.07 Å². The van der Waals surface area contributed by atoms with Crippen LogP contribution in [0.5, 0.6) is 5.75 Å². The van der Waals surface area contributed by atoms with Gasteiger partial charge in [0.05, 0.1) is 7.11 Å². The van der Waals surface area contributed by atoms with Crippen molar-refractivity contribution in [3.63, 3.8) is 0 Å². The zero-order valence-corrected chi connectivity index (χ0v) is 11.5. The molecule has 2 aromatic carbocycles. The molecule has 19 heavy (non-hydrogen) atoms. The van der Waals surface area contributed by atoms with Gasteiger partial charge in [-0.2, -0.15) is 0 Å². The average molecular weight is 277 g/mol. The number of methoxy groups -OCH3 is 1. The lowest BCUT2D eigenvalue weighted by atomic mass is 10.1. The molecule has 0 heterocycles. The van der Waals surface area contributed by atoms with Crippen LogP contribution in [0.3, 0.4) is 0 Å². The van der Waals surface area contributed by atoms with Crippen LogP contribution < -0.4 is 10.5 Å². The maximum absolute atomic E-state index is 13.3. The molecule has 0 atom stereocenters. The Morgan fingerprint density at radius 3 is 2.79 bits per heavy atom. The lowest BCUT2D eigenvalue weighted by Crippen LogP contribution is -2.04. The number of hydrogen-bond donors (Lipinski definition) is 1. The van der Waals surface area contributed by atoms with Crippen molar-refractivity contribution in [3.8, 4) is 5.75 Å². The van der Waals surface area contributed by atoms with Gasteiger partial charge in [-0.1, -0.05) is 17.8 Å². The lowest BCUT2D eigenvalue weighted by molar-refractivity contribution is 0.413. The van der Waals surface area contributed by atoms with Crippen molar-refractivity contribution in [1.29, 1.82) is 0 Å². The van der Waals surface area contributed by atoms with Crippen LogP contribution in [0.15, 0.2) is 52.3 Å². The zero-order chi connectivity index (χ0) is 13.7. The summed E-state index contributed by atoms with van der Waals surface area (Å²) in [6, 6.07) is 12.6. The first kappa shape index (κ1) is 13.9. The van der Waals surface area contributed by atoms with Crippen molar-refractivity contribution in [2.45, 2.75) is 16.2 Å². The molecule has 100 valence electrons. The van der Waals surface area contributed by atoms with Crippen LogP contribution >= 0.6 is 11.8 Å². The fourth-order valence-corrected chi connectivity index (χ4v) is 2.79. The SMILES string of the molecule is COc1cccc(Sc2ccc(F)cc2CCN)c1. The molecule has 4 heteroatoms. The Labute approximate surface area is 116 Å². The highest BCUT2D eigenvalue weighted by Crippen LogP contribution is 2.32. The Morgan fingerprint density at radius 2 is 2.05 bits per heavy atom. The van der Waals surface area contributed by atoms with E-state index in [2.05, 4.69) is 0 Å². The maximum Gasteiger partial charge on any atom is 0.123 e. The third kappa shape index (κ3) is 3.72. The topological polar surface area (TPSA) is 35.2 Å². The highest BCUT2D eigenvalue weighted by atomic mass is 32.2. The van der Waals surface area contributed by atoms with Crippen LogP contribution in [0.25, 0.3) is 0 Å². The fourth-order valence-electron chi connectivity index (χ4n) is 1.79. The van der Waals surface area contributed by atoms with E-state index < -0.39 is 0 Å². The first-order chi connectivity index (χ1) is 9.22. The summed E-state index contributed by atoms with van der Waals surface area (Å²) in [6.45, 7) is 0.509. The Hall–Kier alpha value is -1.52. The van der Waals surface area contributed by atoms with Crippen molar-refractivity contribution in [2.75, 3.05) is 13.7 Å². The predicted molar refractivity (Wildman–Crippen MR) is 76.3 cm³/mol. The summed E-state index contributed by atoms with van der Waals surface area (Å²) >= 11 is 1.59. The van der Waals surface area contributed by atoms with Crippen molar-refractivity contribution < 1.29 is 9.13 Å². The third-order valence-electron chi connectivity index (χ3n) is 2.71. The van der Waals surface area contributed by atoms with Gasteiger partial charge < -0.3 is 10.5 Å². The molecule has 0 unspecified atom stereocenters. The molecule has 0 aliphatic rings. The first-order valence-electron chi connectivity index (χ1n) is 6.03. The summed E-state index contributed by atoms with van der Waals surface area (Å²) in [5.74, 6) is 0.589. The van der Waals surface area contributed by atoms with Gasteiger partial charge in [0.15, 0.2) is 0 Å². The number of ether oxygens (including phenoxy) is 1. The molecule has 0 amide bonds. The molecule has 0 saturated heterocycles. The highest BCUT2D eigenvalue weighted by molar-refractivity contribution is 7.99. The number of halogens is 1. The van der Waals surface area contributed by atoms with E-state index in [1.54, 1.807) is 31.0 Å². The highest BCUT2D eigenvalue weighted by Gasteiger charge is 2.06. The molecule has 0 saturated carbocycles. The number of hydrogen-bond acceptors (Lipinski definition) is 3. The summed E-state index contributed by atoms with van der Waals surface area (Å²) < 4.78 is 18.5. The predicted octanol–water partition coefficient (Wildman–Crippen LogP) is 3.49. The minimum absolute atomic E-state index is 0.224. The standard InChI is InChI=1S/C15H16FNOS/c1-18-13-3-2-4-14(10-13)19-15-6-5-12(16)9-11(15)7-8-17/h2-6,9-10H,7-8,17H2,1H3. The monoisotopic (exact) mass is 277 g/mol. The molecule has 0 spiro atoms. The second-order valence-electron chi connectivity index (χ2n) is 4.07. The molecule has 0 aliphatic heterocycles. The van der Waals surface area contributed by atoms with Crippen LogP contribution in [0.4, 0.5) is 4.39 Å². The van der Waals surface area contributed by atoms with E-state index in [1.807, 2.05) is 24.3 Å². The maximum atomic E-state index is 13.3. The Kier molecular flexibility index (Phi) is 4.82. The van der Waals surface area contributed by atoms with E-state index in [9.17, 15) is 4.39 Å². The molecule has 2 N–H and O–H groups in total. The summed E-state index contributed by atoms with van der Waals surface area (Å²) in [7, 11) is 1.64. The zero-order valence-electron chi connectivity index (χ0n) is 10.7. The molecular weight excluding hydrogens is 261 g/mol. The molecule has 0 bridgehead atoms. The summed E-state index contributed by atoms with van der Waals surface area (Å²) in [5, 5.41) is 0. The van der Waals surface area contributed by atoms with Crippen LogP contribution in [0, 0.1) is 5.82 Å². The molecule has 0 aliphatic carbocycles. The van der Waals surface area contributed by atoms with Gasteiger partial charge in [0, 0.05) is 9.79 Å². The van der Waals surface area contributed by atoms with Crippen LogP contribution in [0.2, 0.25) is 0 Å². The molecule has 2 nitrogen and oxygen atoms in total. The van der Waals surface area contributed by atoms with Gasteiger partial charge in [0.2, 0.25) is 0 Å². The van der Waals surface area contributed by atoms with Gasteiger partial charge in [-0.25, -0.2) is 4.39 Å². The Morgan fingerprint density at radius 1 is 1.21 bits per heavy atom. The van der Waals surface area contributed by atoms with E-state index in [-0.39, 0.29) is 5.82 Å². The molecule has 2 rings (SSSR count). The van der Waals surface area contributed by atoms with Gasteiger partial charge in [-0.05, 0) is 54.9 Å². The van der Waals surface area contributed by atoms with Gasteiger partial charge >= 0.3 is 0 Å². The molecular formula is C15H16FNOS. The van der Waals surface area contributed by atoms with Crippen molar-refractivity contribution >= 4 is 11.8 Å². The quantitative estimate of drug-likeness (QED) is 0.908. The van der Waals surface area contributed by atoms with Gasteiger partial charge in [0.25, 0.3) is 0 Å². The van der Waals surface area contributed by atoms with Crippen LogP contribution in [-0.2, 0) is 6.42 Å². The molecule has 0 aromatic heterocycles. The summed E-state index contributed by atoms with van der Waals surface area (Å²) in [6.07, 6.45) is 0.671. The smallest absolute Gasteiger partial charge is 0.123 e. The molecule has 0 radical (unpaired) electrons. The van der Waals surface area contributed by atoms with E-state index in [4.69, 9.17) is 10.5 Å². The second kappa shape index (κ2) is 6.59. The van der Waals surface area contributed by atoms with E-state index in [0.717, 1.165) is 21.1 Å². The van der Waals surface area contributed by atoms with Crippen molar-refractivity contribution in [2.24, 2.45) is 5.73 Å². The largest absolute Gasteiger partial charge is 0.497 e. The normalized spacial score (nSPS) is 10.5. The number of rotatable bonds is 5. The number of benzene rings is 2. The Balaban J connectivity index is 2.26. The summed E-state index contributed by atoms with van der Waals surface area (Å²) in [4.78, 5) is 2.09. The van der Waals surface area contributed by atoms with Gasteiger partial charge in [-0.15, -0.1) is 0 Å². The van der Waals surface area contributed by atoms with Crippen LogP contribution in [-0.4, -0.2) is 13.7 Å². The fraction of sp³-hybridized carbons (Fsp3) is 0.200. The molecule has 0 fully saturated rings. The minimum atomic E-state index is -0.224. The minimum Gasteiger partial charge on any atom is -0.497 e. The van der Waals surface area contributed by atoms with Gasteiger partial charge in [0.1, 0.15) is 11.6 Å². The number of nitrogens with two attached hydrogens (primary N) is 1. The van der Waals surface area contributed by atoms with Crippen LogP contribution in [0.1, 0.15) is 5.56 Å². The summed E-state index contributed by atoms with van der Waals surface area (Å²) in [5.41, 5.74) is 6.51. The van der Waals surface area contributed by atoms with E-state index >= 15 is 0 Å². The van der Waals surface area contributed by atoms with Crippen molar-refractivity contribution in [1.82, 2.24) is 0 Å². The first-order valence-corrected chi connectivity index (χ1v) is 6.85. The molecule has 2 aromatic rings.